The van der Waals surface area contributed by atoms with E-state index in [0.29, 0.717) is 28.1 Å². The maximum atomic E-state index is 13.5. The quantitative estimate of drug-likeness (QED) is 0.742. The minimum Gasteiger partial charge on any atom is -0.397 e. The number of thiophene rings is 1. The molecule has 0 bridgehead atoms. The first-order valence-electron chi connectivity index (χ1n) is 5.77. The first kappa shape index (κ1) is 13.1. The van der Waals surface area contributed by atoms with Gasteiger partial charge in [-0.15, -0.1) is 23.1 Å². The third kappa shape index (κ3) is 2.68. The van der Waals surface area contributed by atoms with Gasteiger partial charge >= 0.3 is 0 Å². The number of nitrogens with zero attached hydrogens (tertiary/aromatic N) is 2. The molecule has 0 fully saturated rings. The summed E-state index contributed by atoms with van der Waals surface area (Å²) in [5, 5.41) is 5.74. The van der Waals surface area contributed by atoms with Crippen molar-refractivity contribution in [2.45, 2.75) is 10.6 Å². The van der Waals surface area contributed by atoms with Crippen LogP contribution in [0.15, 0.2) is 45.1 Å². The first-order chi connectivity index (χ1) is 9.74. The molecule has 1 aromatic carbocycles. The standard InChI is InChI=1S/C13H10FN3OS2/c14-8-3-1-2-4-10(8)20-7-11-16-13(18-17-11)12-9(15)5-6-19-12/h1-6H,7,15H2. The second-order valence-corrected chi connectivity index (χ2v) is 5.87. The van der Waals surface area contributed by atoms with Gasteiger partial charge in [0.05, 0.1) is 11.4 Å². The minimum atomic E-state index is -0.247. The maximum Gasteiger partial charge on any atom is 0.270 e. The van der Waals surface area contributed by atoms with Crippen LogP contribution in [0.4, 0.5) is 10.1 Å². The molecule has 2 aromatic heterocycles. The lowest BCUT2D eigenvalue weighted by atomic mass is 10.3. The number of hydrogen-bond donors (Lipinski definition) is 1. The summed E-state index contributed by atoms with van der Waals surface area (Å²) in [5.41, 5.74) is 6.41. The molecule has 3 rings (SSSR count). The second kappa shape index (κ2) is 5.64. The maximum absolute atomic E-state index is 13.5. The SMILES string of the molecule is Nc1ccsc1-c1nc(CSc2ccccc2F)no1. The van der Waals surface area contributed by atoms with Crippen LogP contribution >= 0.6 is 23.1 Å². The van der Waals surface area contributed by atoms with Crippen LogP contribution in [0.3, 0.4) is 0 Å². The smallest absolute Gasteiger partial charge is 0.270 e. The Labute approximate surface area is 122 Å². The summed E-state index contributed by atoms with van der Waals surface area (Å²) in [6, 6.07) is 8.39. The van der Waals surface area contributed by atoms with Crippen LogP contribution in [0, 0.1) is 5.82 Å². The summed E-state index contributed by atoms with van der Waals surface area (Å²) < 4.78 is 18.6. The van der Waals surface area contributed by atoms with E-state index in [0.717, 1.165) is 4.88 Å². The van der Waals surface area contributed by atoms with E-state index in [9.17, 15) is 4.39 Å². The van der Waals surface area contributed by atoms with Gasteiger partial charge in [-0.05, 0) is 23.6 Å². The molecule has 0 spiro atoms. The Balaban J connectivity index is 1.72. The highest BCUT2D eigenvalue weighted by Crippen LogP contribution is 2.31. The molecule has 0 aliphatic heterocycles. The van der Waals surface area contributed by atoms with Gasteiger partial charge in [0.1, 0.15) is 10.7 Å². The average molecular weight is 307 g/mol. The minimum absolute atomic E-state index is 0.247. The molecular formula is C13H10FN3OS2. The van der Waals surface area contributed by atoms with Crippen molar-refractivity contribution >= 4 is 28.8 Å². The molecule has 0 aliphatic carbocycles. The Kier molecular flexibility index (Phi) is 3.70. The average Bonchev–Trinajstić information content (AvgIpc) is 3.06. The fraction of sp³-hybridized carbons (Fsp3) is 0.0769. The van der Waals surface area contributed by atoms with Gasteiger partial charge in [0.25, 0.3) is 5.89 Å². The van der Waals surface area contributed by atoms with Crippen molar-refractivity contribution in [3.05, 3.63) is 47.4 Å². The van der Waals surface area contributed by atoms with Crippen LogP contribution in [0.5, 0.6) is 0 Å². The Morgan fingerprint density at radius 2 is 2.15 bits per heavy atom. The van der Waals surface area contributed by atoms with Crippen molar-refractivity contribution in [3.63, 3.8) is 0 Å². The lowest BCUT2D eigenvalue weighted by Crippen LogP contribution is -1.87. The van der Waals surface area contributed by atoms with Crippen molar-refractivity contribution in [1.29, 1.82) is 0 Å². The van der Waals surface area contributed by atoms with E-state index in [1.807, 2.05) is 5.38 Å². The number of thioether (sulfide) groups is 1. The molecule has 20 heavy (non-hydrogen) atoms. The summed E-state index contributed by atoms with van der Waals surface area (Å²) in [7, 11) is 0. The predicted octanol–water partition coefficient (Wildman–Crippen LogP) is 3.81. The molecule has 3 aromatic rings. The van der Waals surface area contributed by atoms with Gasteiger partial charge in [0.15, 0.2) is 5.82 Å². The topological polar surface area (TPSA) is 64.9 Å². The Morgan fingerprint density at radius 1 is 1.30 bits per heavy atom. The molecule has 4 nitrogen and oxygen atoms in total. The van der Waals surface area contributed by atoms with Crippen molar-refractivity contribution in [1.82, 2.24) is 10.1 Å². The van der Waals surface area contributed by atoms with Crippen molar-refractivity contribution < 1.29 is 8.91 Å². The van der Waals surface area contributed by atoms with Gasteiger partial charge in [0, 0.05) is 4.90 Å². The molecule has 2 N–H and O–H groups in total. The molecule has 0 amide bonds. The number of halogens is 1. The van der Waals surface area contributed by atoms with E-state index in [1.165, 1.54) is 29.2 Å². The highest BCUT2D eigenvalue weighted by Gasteiger charge is 2.13. The number of benzene rings is 1. The van der Waals surface area contributed by atoms with Crippen LogP contribution in [0.2, 0.25) is 0 Å². The van der Waals surface area contributed by atoms with Gasteiger partial charge in [-0.2, -0.15) is 4.98 Å². The molecule has 0 atom stereocenters. The van der Waals surface area contributed by atoms with E-state index in [1.54, 1.807) is 24.3 Å². The van der Waals surface area contributed by atoms with Crippen molar-refractivity contribution in [2.24, 2.45) is 0 Å². The molecule has 0 unspecified atom stereocenters. The number of nitrogens with two attached hydrogens (primary N) is 1. The second-order valence-electron chi connectivity index (χ2n) is 3.94. The normalized spacial score (nSPS) is 10.8. The van der Waals surface area contributed by atoms with Crippen molar-refractivity contribution in [2.75, 3.05) is 5.73 Å². The summed E-state index contributed by atoms with van der Waals surface area (Å²) >= 11 is 2.77. The van der Waals surface area contributed by atoms with Crippen LogP contribution < -0.4 is 5.73 Å². The summed E-state index contributed by atoms with van der Waals surface area (Å²) in [5.74, 6) is 1.11. The molecular weight excluding hydrogens is 297 g/mol. The molecule has 0 aliphatic rings. The van der Waals surface area contributed by atoms with Crippen LogP contribution in [0.25, 0.3) is 10.8 Å². The van der Waals surface area contributed by atoms with E-state index >= 15 is 0 Å². The Hall–Kier alpha value is -1.86. The van der Waals surface area contributed by atoms with Gasteiger partial charge in [-0.3, -0.25) is 0 Å². The van der Waals surface area contributed by atoms with E-state index in [2.05, 4.69) is 10.1 Å². The lowest BCUT2D eigenvalue weighted by Gasteiger charge is -1.99. The number of nitrogen functional groups attached to an aromatic ring is 1. The largest absolute Gasteiger partial charge is 0.397 e. The third-order valence-corrected chi connectivity index (χ3v) is 4.51. The van der Waals surface area contributed by atoms with Gasteiger partial charge in [-0.25, -0.2) is 4.39 Å². The van der Waals surface area contributed by atoms with E-state index < -0.39 is 0 Å². The van der Waals surface area contributed by atoms with Gasteiger partial charge in [0.2, 0.25) is 0 Å². The highest BCUT2D eigenvalue weighted by atomic mass is 32.2. The number of hydrogen-bond acceptors (Lipinski definition) is 6. The molecule has 102 valence electrons. The zero-order valence-corrected chi connectivity index (χ0v) is 11.9. The van der Waals surface area contributed by atoms with Gasteiger partial charge < -0.3 is 10.3 Å². The number of anilines is 1. The van der Waals surface area contributed by atoms with Crippen LogP contribution in [0.1, 0.15) is 5.82 Å². The van der Waals surface area contributed by atoms with Crippen LogP contribution in [-0.4, -0.2) is 10.1 Å². The molecule has 2 heterocycles. The summed E-state index contributed by atoms with van der Waals surface area (Å²) in [4.78, 5) is 5.60. The number of aromatic nitrogens is 2. The van der Waals surface area contributed by atoms with E-state index in [-0.39, 0.29) is 5.82 Å². The fourth-order valence-electron chi connectivity index (χ4n) is 1.60. The van der Waals surface area contributed by atoms with Crippen LogP contribution in [-0.2, 0) is 5.75 Å². The zero-order chi connectivity index (χ0) is 13.9. The Bertz CT molecular complexity index is 726. The number of rotatable bonds is 4. The molecule has 7 heteroatoms. The summed E-state index contributed by atoms with van der Waals surface area (Å²) in [6.07, 6.45) is 0. The lowest BCUT2D eigenvalue weighted by molar-refractivity contribution is 0.426. The highest BCUT2D eigenvalue weighted by molar-refractivity contribution is 7.98. The monoisotopic (exact) mass is 307 g/mol. The van der Waals surface area contributed by atoms with E-state index in [4.69, 9.17) is 10.3 Å². The molecule has 0 saturated heterocycles. The Morgan fingerprint density at radius 3 is 2.90 bits per heavy atom. The molecule has 0 radical (unpaired) electrons. The zero-order valence-electron chi connectivity index (χ0n) is 10.2. The third-order valence-electron chi connectivity index (χ3n) is 2.55. The van der Waals surface area contributed by atoms with Gasteiger partial charge in [-0.1, -0.05) is 17.3 Å². The summed E-state index contributed by atoms with van der Waals surface area (Å²) in [6.45, 7) is 0. The first-order valence-corrected chi connectivity index (χ1v) is 7.64. The fourth-order valence-corrected chi connectivity index (χ4v) is 3.12. The van der Waals surface area contributed by atoms with Crippen molar-refractivity contribution in [3.8, 4) is 10.8 Å². The predicted molar refractivity (Wildman–Crippen MR) is 78.0 cm³/mol. The molecule has 0 saturated carbocycles.